The second kappa shape index (κ2) is 11.4. The van der Waals surface area contributed by atoms with Crippen LogP contribution in [0, 0.1) is 5.82 Å². The number of halogens is 3. The second-order valence-electron chi connectivity index (χ2n) is 10.5. The number of ether oxygens (including phenoxy) is 1. The largest absolute Gasteiger partial charge is 0.378 e. The summed E-state index contributed by atoms with van der Waals surface area (Å²) < 4.78 is 47.8. The van der Waals surface area contributed by atoms with E-state index in [0.29, 0.717) is 41.1 Å². The van der Waals surface area contributed by atoms with Crippen LogP contribution >= 0.6 is 0 Å². The average molecular weight is 572 g/mol. The normalized spacial score (nSPS) is 14.0. The Morgan fingerprint density at radius 2 is 1.71 bits per heavy atom. The standard InChI is InChI=1S/C32H28F3N5O2/c1-32(34,35)25-10-21(16-36-19-25)12-26(41)11-20-2-4-27(28(33)13-20)24-14-23-15-29(39-31(23)38-18-24)22-3-5-30(37-17-22)40-6-8-42-9-7-40/h2-5,10,13-19H,6-9,11-12H2,1H3,(H,38,39). The molecule has 10 heteroatoms. The number of benzene rings is 1. The highest BCUT2D eigenvalue weighted by molar-refractivity contribution is 5.87. The van der Waals surface area contributed by atoms with Crippen LogP contribution in [0.15, 0.2) is 73.3 Å². The number of aromatic amines is 1. The molecule has 1 aromatic carbocycles. The number of alkyl halides is 2. The van der Waals surface area contributed by atoms with Gasteiger partial charge in [0.05, 0.1) is 13.2 Å². The number of morpholine rings is 1. The third-order valence-corrected chi connectivity index (χ3v) is 7.31. The Morgan fingerprint density at radius 3 is 2.45 bits per heavy atom. The average Bonchev–Trinajstić information content (AvgIpc) is 3.41. The molecule has 0 amide bonds. The molecule has 1 aliphatic rings. The molecule has 1 fully saturated rings. The van der Waals surface area contributed by atoms with Crippen LogP contribution in [-0.4, -0.2) is 52.0 Å². The molecule has 0 aliphatic carbocycles. The molecule has 0 spiro atoms. The van der Waals surface area contributed by atoms with Gasteiger partial charge in [0.2, 0.25) is 0 Å². The molecule has 6 rings (SSSR count). The third kappa shape index (κ3) is 6.03. The van der Waals surface area contributed by atoms with Crippen molar-refractivity contribution in [2.24, 2.45) is 0 Å². The molecule has 0 bridgehead atoms. The number of hydrogen-bond donors (Lipinski definition) is 1. The lowest BCUT2D eigenvalue weighted by atomic mass is 9.99. The fourth-order valence-corrected chi connectivity index (χ4v) is 5.09. The Hall–Kier alpha value is -4.57. The van der Waals surface area contributed by atoms with E-state index >= 15 is 4.39 Å². The number of ketones is 1. The van der Waals surface area contributed by atoms with Crippen molar-refractivity contribution in [1.29, 1.82) is 0 Å². The first kappa shape index (κ1) is 27.6. The van der Waals surface area contributed by atoms with Gasteiger partial charge in [0.15, 0.2) is 0 Å². The minimum absolute atomic E-state index is 0.0270. The van der Waals surface area contributed by atoms with E-state index in [1.54, 1.807) is 18.3 Å². The highest BCUT2D eigenvalue weighted by Crippen LogP contribution is 2.30. The number of fused-ring (bicyclic) bond motifs is 1. The molecule has 1 saturated heterocycles. The first-order valence-corrected chi connectivity index (χ1v) is 13.6. The lowest BCUT2D eigenvalue weighted by molar-refractivity contribution is -0.117. The van der Waals surface area contributed by atoms with Crippen molar-refractivity contribution in [1.82, 2.24) is 19.9 Å². The molecule has 0 radical (unpaired) electrons. The van der Waals surface area contributed by atoms with Crippen LogP contribution in [0.25, 0.3) is 33.4 Å². The lowest BCUT2D eigenvalue weighted by Crippen LogP contribution is -2.36. The molecule has 42 heavy (non-hydrogen) atoms. The molecule has 5 heterocycles. The monoisotopic (exact) mass is 571 g/mol. The summed E-state index contributed by atoms with van der Waals surface area (Å²) in [5.41, 5.74) is 4.05. The van der Waals surface area contributed by atoms with Crippen molar-refractivity contribution in [2.45, 2.75) is 25.7 Å². The van der Waals surface area contributed by atoms with Gasteiger partial charge < -0.3 is 14.6 Å². The van der Waals surface area contributed by atoms with Gasteiger partial charge in [0, 0.05) is 91.0 Å². The van der Waals surface area contributed by atoms with Crippen molar-refractivity contribution in [3.63, 3.8) is 0 Å². The third-order valence-electron chi connectivity index (χ3n) is 7.31. The van der Waals surface area contributed by atoms with Gasteiger partial charge in [-0.25, -0.2) is 23.1 Å². The number of hydrogen-bond acceptors (Lipinski definition) is 6. The zero-order valence-electron chi connectivity index (χ0n) is 22.9. The van der Waals surface area contributed by atoms with Gasteiger partial charge in [-0.1, -0.05) is 12.1 Å². The van der Waals surface area contributed by atoms with Crippen LogP contribution in [0.1, 0.15) is 23.6 Å². The van der Waals surface area contributed by atoms with Crippen LogP contribution in [-0.2, 0) is 28.3 Å². The molecular weight excluding hydrogens is 543 g/mol. The Morgan fingerprint density at radius 1 is 0.929 bits per heavy atom. The fraction of sp³-hybridized carbons (Fsp3) is 0.250. The van der Waals surface area contributed by atoms with Gasteiger partial charge in [0.25, 0.3) is 5.92 Å². The molecule has 1 N–H and O–H groups in total. The van der Waals surface area contributed by atoms with Gasteiger partial charge in [-0.05, 0) is 47.5 Å². The Kier molecular flexibility index (Phi) is 7.47. The van der Waals surface area contributed by atoms with E-state index in [2.05, 4.69) is 24.8 Å². The molecule has 0 unspecified atom stereocenters. The zero-order valence-corrected chi connectivity index (χ0v) is 22.9. The highest BCUT2D eigenvalue weighted by atomic mass is 19.3. The van der Waals surface area contributed by atoms with Gasteiger partial charge >= 0.3 is 0 Å². The highest BCUT2D eigenvalue weighted by Gasteiger charge is 2.25. The van der Waals surface area contributed by atoms with Crippen LogP contribution in [0.5, 0.6) is 0 Å². The number of nitrogens with one attached hydrogen (secondary N) is 1. The zero-order chi connectivity index (χ0) is 29.3. The summed E-state index contributed by atoms with van der Waals surface area (Å²) in [6.07, 6.45) is 5.81. The molecule has 4 aromatic heterocycles. The number of Topliss-reactive ketones (excluding diaryl/α,β-unsaturated/α-hetero) is 1. The van der Waals surface area contributed by atoms with E-state index in [1.165, 1.54) is 18.3 Å². The number of rotatable bonds is 8. The first-order valence-electron chi connectivity index (χ1n) is 13.6. The SMILES string of the molecule is CC(F)(F)c1cncc(CC(=O)Cc2ccc(-c3cnc4[nH]c(-c5ccc(N6CCOCC6)nc5)cc4c3)c(F)c2)c1. The van der Waals surface area contributed by atoms with Crippen LogP contribution < -0.4 is 4.90 Å². The molecule has 5 aromatic rings. The lowest BCUT2D eigenvalue weighted by Gasteiger charge is -2.27. The molecule has 0 saturated carbocycles. The summed E-state index contributed by atoms with van der Waals surface area (Å²) in [4.78, 5) is 31.0. The summed E-state index contributed by atoms with van der Waals surface area (Å²) in [6.45, 7) is 3.80. The summed E-state index contributed by atoms with van der Waals surface area (Å²) in [5.74, 6) is -2.84. The number of carbonyl (C=O) groups excluding carboxylic acids is 1. The topological polar surface area (TPSA) is 84.0 Å². The molecule has 7 nitrogen and oxygen atoms in total. The van der Waals surface area contributed by atoms with Gasteiger partial charge in [-0.15, -0.1) is 0 Å². The number of H-pyrrole nitrogens is 1. The summed E-state index contributed by atoms with van der Waals surface area (Å²) in [5, 5.41) is 0.826. The predicted octanol–water partition coefficient (Wildman–Crippen LogP) is 6.13. The summed E-state index contributed by atoms with van der Waals surface area (Å²) >= 11 is 0. The molecule has 214 valence electrons. The van der Waals surface area contributed by atoms with Crippen LogP contribution in [0.2, 0.25) is 0 Å². The van der Waals surface area contributed by atoms with E-state index in [-0.39, 0.29) is 24.2 Å². The van der Waals surface area contributed by atoms with Gasteiger partial charge in [-0.2, -0.15) is 0 Å². The van der Waals surface area contributed by atoms with Crippen molar-refractivity contribution < 1.29 is 22.7 Å². The van der Waals surface area contributed by atoms with E-state index in [0.717, 1.165) is 48.7 Å². The predicted molar refractivity (Wildman–Crippen MR) is 154 cm³/mol. The number of nitrogens with zero attached hydrogens (tertiary/aromatic N) is 4. The van der Waals surface area contributed by atoms with Gasteiger partial charge in [-0.3, -0.25) is 9.78 Å². The fourth-order valence-electron chi connectivity index (χ4n) is 5.09. The van der Waals surface area contributed by atoms with Crippen molar-refractivity contribution in [2.75, 3.05) is 31.2 Å². The van der Waals surface area contributed by atoms with E-state index < -0.39 is 11.7 Å². The quantitative estimate of drug-likeness (QED) is 0.241. The maximum Gasteiger partial charge on any atom is 0.272 e. The maximum absolute atomic E-state index is 15.2. The van der Waals surface area contributed by atoms with E-state index in [4.69, 9.17) is 4.74 Å². The smallest absolute Gasteiger partial charge is 0.272 e. The van der Waals surface area contributed by atoms with Crippen molar-refractivity contribution in [3.8, 4) is 22.4 Å². The number of carbonyl (C=O) groups is 1. The number of pyridine rings is 3. The van der Waals surface area contributed by atoms with Crippen LogP contribution in [0.4, 0.5) is 19.0 Å². The van der Waals surface area contributed by atoms with Crippen molar-refractivity contribution >= 4 is 22.6 Å². The minimum atomic E-state index is -3.04. The Balaban J connectivity index is 1.15. The summed E-state index contributed by atoms with van der Waals surface area (Å²) in [7, 11) is 0. The molecule has 0 atom stereocenters. The number of aromatic nitrogens is 4. The van der Waals surface area contributed by atoms with Crippen molar-refractivity contribution in [3.05, 3.63) is 95.8 Å². The second-order valence-corrected chi connectivity index (χ2v) is 10.5. The summed E-state index contributed by atoms with van der Waals surface area (Å²) in [6, 6.07) is 13.8. The molecule has 1 aliphatic heterocycles. The number of anilines is 1. The maximum atomic E-state index is 15.2. The van der Waals surface area contributed by atoms with Crippen LogP contribution in [0.3, 0.4) is 0 Å². The minimum Gasteiger partial charge on any atom is -0.378 e. The molecular formula is C32H28F3N5O2. The van der Waals surface area contributed by atoms with E-state index in [9.17, 15) is 13.6 Å². The van der Waals surface area contributed by atoms with Gasteiger partial charge in [0.1, 0.15) is 23.1 Å². The Labute approximate surface area is 240 Å². The first-order chi connectivity index (χ1) is 20.2. The van der Waals surface area contributed by atoms with E-state index in [1.807, 2.05) is 30.5 Å². The Bertz CT molecular complexity index is 1740.